The highest BCUT2D eigenvalue weighted by molar-refractivity contribution is 6.87. The van der Waals surface area contributed by atoms with Gasteiger partial charge in [-0.3, -0.25) is 0 Å². The Balaban J connectivity index is 1.68. The fourth-order valence-corrected chi connectivity index (χ4v) is 26.4. The highest BCUT2D eigenvalue weighted by Gasteiger charge is 2.50. The van der Waals surface area contributed by atoms with Gasteiger partial charge in [0.15, 0.2) is 0 Å². The van der Waals surface area contributed by atoms with Gasteiger partial charge in [-0.1, -0.05) is 161 Å². The van der Waals surface area contributed by atoms with Gasteiger partial charge in [0.25, 0.3) is 25.0 Å². The van der Waals surface area contributed by atoms with Crippen molar-refractivity contribution in [3.8, 4) is 17.2 Å². The van der Waals surface area contributed by atoms with E-state index in [4.69, 9.17) is 27.0 Å². The van der Waals surface area contributed by atoms with Crippen LogP contribution in [0.25, 0.3) is 0 Å². The Bertz CT molecular complexity index is 1410. The normalized spacial score (nSPS) is 14.9. The Morgan fingerprint density at radius 3 is 0.596 bits per heavy atom. The Morgan fingerprint density at radius 1 is 0.298 bits per heavy atom. The maximum absolute atomic E-state index is 7.00. The van der Waals surface area contributed by atoms with Crippen molar-refractivity contribution in [2.75, 3.05) is 0 Å². The number of rotatable bonds is 18. The first-order valence-electron chi connectivity index (χ1n) is 22.0. The van der Waals surface area contributed by atoms with Crippen LogP contribution in [0.2, 0.25) is 49.9 Å². The number of hydrogen-bond acceptors (Lipinski definition) is 6. The van der Waals surface area contributed by atoms with E-state index in [1.54, 1.807) is 0 Å². The Labute approximate surface area is 352 Å². The molecule has 0 radical (unpaired) electrons. The van der Waals surface area contributed by atoms with Crippen LogP contribution in [0.4, 0.5) is 0 Å². The molecule has 1 saturated heterocycles. The van der Waals surface area contributed by atoms with Gasteiger partial charge in [-0.15, -0.1) is 0 Å². The molecule has 4 rings (SSSR count). The number of hydrogen-bond donors (Lipinski definition) is 0. The first-order valence-corrected chi connectivity index (χ1v) is 28.4. The molecular weight excluding hydrogens is 753 g/mol. The summed E-state index contributed by atoms with van der Waals surface area (Å²) >= 11 is 0. The molecule has 12 heteroatoms. The molecule has 3 aromatic rings. The summed E-state index contributed by atoms with van der Waals surface area (Å²) in [6.07, 6.45) is 0. The third-order valence-corrected chi connectivity index (χ3v) is 31.2. The minimum atomic E-state index is -2.11. The van der Waals surface area contributed by atoms with Gasteiger partial charge in [0.1, 0.15) is 17.2 Å². The van der Waals surface area contributed by atoms with Crippen LogP contribution >= 0.6 is 0 Å². The molecule has 0 spiro atoms. The summed E-state index contributed by atoms with van der Waals surface area (Å²) in [5.41, 5.74) is 7.06. The molecule has 0 saturated carbocycles. The zero-order chi connectivity index (χ0) is 42.6. The van der Waals surface area contributed by atoms with E-state index in [9.17, 15) is 0 Å². The molecule has 1 fully saturated rings. The van der Waals surface area contributed by atoms with Crippen molar-refractivity contribution in [1.29, 1.82) is 0 Å². The summed E-state index contributed by atoms with van der Waals surface area (Å²) < 4.78 is 41.0. The van der Waals surface area contributed by atoms with E-state index < -0.39 is 46.3 Å². The van der Waals surface area contributed by atoms with Gasteiger partial charge in [0.05, 0.1) is 0 Å². The smallest absolute Gasteiger partial charge is 0.467 e. The van der Waals surface area contributed by atoms with Crippen molar-refractivity contribution in [3.63, 3.8) is 0 Å². The maximum atomic E-state index is 7.00. The maximum Gasteiger partial charge on any atom is 0.467 e. The SMILES string of the molecule is CC(C)[Si](Oc1ccc(B2OB(c3ccc(O[Si](C(C)C)(C(C)C)C(C)C)cc3)OB(c3ccc(O[Si](C(C)C)(C(C)C)C(C)C)cc3)O2)cc1)(C(C)C)C(C)C. The summed E-state index contributed by atoms with van der Waals surface area (Å²) in [4.78, 5) is 0. The standard InChI is InChI=1S/C45H75B3O6Si3/c1-31(2)55(32(3)4,33(5)6)49-43-25-19-40(20-26-43)46-52-47(41-21-27-44(28-22-41)50-56(34(7)8,35(9)10)36(11)12)54-48(53-46)42-23-29-45(30-24-42)51-57(37(13)14,38(15)16)39(17)18/h19-39H,1-18H3. The van der Waals surface area contributed by atoms with Crippen molar-refractivity contribution in [1.82, 2.24) is 0 Å². The lowest BCUT2D eigenvalue weighted by Gasteiger charge is -2.42. The Hall–Kier alpha value is -2.21. The lowest BCUT2D eigenvalue weighted by Crippen LogP contribution is -2.61. The van der Waals surface area contributed by atoms with E-state index in [1.807, 2.05) is 0 Å². The van der Waals surface area contributed by atoms with Crippen LogP contribution in [0.15, 0.2) is 72.8 Å². The van der Waals surface area contributed by atoms with Crippen molar-refractivity contribution in [2.24, 2.45) is 0 Å². The molecule has 0 unspecified atom stereocenters. The molecule has 312 valence electrons. The highest BCUT2D eigenvalue weighted by Crippen LogP contribution is 2.45. The monoisotopic (exact) mass is 829 g/mol. The molecular formula is C45H75B3O6Si3. The highest BCUT2D eigenvalue weighted by atomic mass is 28.4. The average molecular weight is 829 g/mol. The van der Waals surface area contributed by atoms with Gasteiger partial charge in [-0.2, -0.15) is 0 Å². The molecule has 57 heavy (non-hydrogen) atoms. The Morgan fingerprint density at radius 2 is 0.456 bits per heavy atom. The van der Waals surface area contributed by atoms with Crippen LogP contribution in [-0.4, -0.2) is 46.3 Å². The first-order chi connectivity index (χ1) is 26.6. The van der Waals surface area contributed by atoms with Crippen molar-refractivity contribution in [2.45, 2.75) is 174 Å². The summed E-state index contributed by atoms with van der Waals surface area (Å²) in [7, 11) is -8.33. The lowest BCUT2D eigenvalue weighted by atomic mass is 9.61. The van der Waals surface area contributed by atoms with Crippen molar-refractivity contribution in [3.05, 3.63) is 72.8 Å². The van der Waals surface area contributed by atoms with E-state index in [0.717, 1.165) is 33.6 Å². The second-order valence-electron chi connectivity index (χ2n) is 19.4. The van der Waals surface area contributed by atoms with Crippen LogP contribution in [-0.2, 0) is 13.7 Å². The summed E-state index contributed by atoms with van der Waals surface area (Å²) in [5.74, 6) is 2.71. The minimum absolute atomic E-state index is 0.481. The zero-order valence-electron chi connectivity index (χ0n) is 38.8. The van der Waals surface area contributed by atoms with E-state index in [-0.39, 0.29) is 0 Å². The van der Waals surface area contributed by atoms with Gasteiger partial charge in [0.2, 0.25) is 0 Å². The van der Waals surface area contributed by atoms with Gasteiger partial charge >= 0.3 is 21.4 Å². The van der Waals surface area contributed by atoms with E-state index in [2.05, 4.69) is 197 Å². The topological polar surface area (TPSA) is 55.4 Å². The van der Waals surface area contributed by atoms with Crippen LogP contribution in [0.3, 0.4) is 0 Å². The lowest BCUT2D eigenvalue weighted by molar-refractivity contribution is 0.308. The predicted molar refractivity (Wildman–Crippen MR) is 254 cm³/mol. The molecule has 0 bridgehead atoms. The third-order valence-electron chi connectivity index (χ3n) is 13.2. The van der Waals surface area contributed by atoms with Crippen molar-refractivity contribution < 1.29 is 27.0 Å². The molecule has 1 heterocycles. The third kappa shape index (κ3) is 9.89. The fourth-order valence-electron chi connectivity index (χ4n) is 10.7. The molecule has 3 aromatic carbocycles. The van der Waals surface area contributed by atoms with Crippen LogP contribution in [0.1, 0.15) is 125 Å². The first kappa shape index (κ1) is 47.5. The van der Waals surface area contributed by atoms with Crippen LogP contribution in [0, 0.1) is 0 Å². The Kier molecular flexibility index (Phi) is 16.2. The minimum Gasteiger partial charge on any atom is -0.543 e. The summed E-state index contributed by atoms with van der Waals surface area (Å²) in [6.45, 7) is 41.7. The van der Waals surface area contributed by atoms with Crippen molar-refractivity contribution >= 4 is 62.7 Å². The predicted octanol–water partition coefficient (Wildman–Crippen LogP) is 11.9. The fraction of sp³-hybridized carbons (Fsp3) is 0.600. The molecule has 0 N–H and O–H groups in total. The van der Waals surface area contributed by atoms with Crippen LogP contribution < -0.4 is 29.7 Å². The van der Waals surface area contributed by atoms with E-state index in [0.29, 0.717) is 49.9 Å². The molecule has 0 aromatic heterocycles. The molecule has 1 aliphatic rings. The summed E-state index contributed by atoms with van der Waals surface area (Å²) in [6, 6.07) is 25.0. The van der Waals surface area contributed by atoms with Gasteiger partial charge < -0.3 is 27.0 Å². The van der Waals surface area contributed by atoms with E-state index in [1.165, 1.54) is 0 Å². The molecule has 1 aliphatic heterocycles. The second-order valence-corrected chi connectivity index (χ2v) is 35.5. The molecule has 6 nitrogen and oxygen atoms in total. The average Bonchev–Trinajstić information content (AvgIpc) is 3.14. The number of benzene rings is 3. The van der Waals surface area contributed by atoms with Gasteiger partial charge in [0, 0.05) is 0 Å². The van der Waals surface area contributed by atoms with Gasteiger partial charge in [-0.25, -0.2) is 0 Å². The molecule has 0 amide bonds. The second kappa shape index (κ2) is 19.4. The molecule has 0 atom stereocenters. The molecule has 0 aliphatic carbocycles. The summed E-state index contributed by atoms with van der Waals surface area (Å²) in [5, 5.41) is 0. The van der Waals surface area contributed by atoms with Crippen LogP contribution in [0.5, 0.6) is 17.2 Å². The quantitative estimate of drug-likeness (QED) is 0.119. The zero-order valence-corrected chi connectivity index (χ0v) is 41.8. The van der Waals surface area contributed by atoms with Gasteiger partial charge in [-0.05, 0) is 103 Å². The largest absolute Gasteiger partial charge is 0.543 e. The van der Waals surface area contributed by atoms with E-state index >= 15 is 0 Å².